The number of aryl methyl sites for hydroxylation is 1. The first-order valence-corrected chi connectivity index (χ1v) is 7.81. The number of nitriles is 1. The van der Waals surface area contributed by atoms with Crippen molar-refractivity contribution in [1.82, 2.24) is 5.32 Å². The van der Waals surface area contributed by atoms with Gasteiger partial charge in [0.25, 0.3) is 0 Å². The molecule has 0 heterocycles. The highest BCUT2D eigenvalue weighted by atomic mass is 16.5. The Kier molecular flexibility index (Phi) is 6.61. The molecule has 0 aromatic heterocycles. The molecule has 0 saturated heterocycles. The predicted molar refractivity (Wildman–Crippen MR) is 96.2 cm³/mol. The van der Waals surface area contributed by atoms with Gasteiger partial charge in [-0.05, 0) is 36.3 Å². The van der Waals surface area contributed by atoms with Crippen molar-refractivity contribution in [3.63, 3.8) is 0 Å². The largest absolute Gasteiger partial charge is 0.493 e. The molecule has 5 nitrogen and oxygen atoms in total. The van der Waals surface area contributed by atoms with Crippen molar-refractivity contribution in [2.45, 2.75) is 13.5 Å². The van der Waals surface area contributed by atoms with E-state index >= 15 is 0 Å². The highest BCUT2D eigenvalue weighted by Gasteiger charge is 2.05. The molecule has 0 aliphatic carbocycles. The summed E-state index contributed by atoms with van der Waals surface area (Å²) in [5.74, 6) is 0.826. The summed E-state index contributed by atoms with van der Waals surface area (Å²) >= 11 is 0. The number of nitrogens with zero attached hydrogens (tertiary/aromatic N) is 1. The lowest BCUT2D eigenvalue weighted by Crippen LogP contribution is -2.20. The minimum atomic E-state index is -0.177. The zero-order chi connectivity index (χ0) is 18.1. The molecule has 25 heavy (non-hydrogen) atoms. The molecule has 0 aliphatic heterocycles. The highest BCUT2D eigenvalue weighted by molar-refractivity contribution is 5.91. The molecule has 1 amide bonds. The smallest absolute Gasteiger partial charge is 0.244 e. The third-order valence-corrected chi connectivity index (χ3v) is 3.49. The minimum absolute atomic E-state index is 0.0486. The van der Waals surface area contributed by atoms with Crippen molar-refractivity contribution >= 4 is 12.0 Å². The fourth-order valence-electron chi connectivity index (χ4n) is 2.14. The van der Waals surface area contributed by atoms with Gasteiger partial charge in [-0.2, -0.15) is 5.26 Å². The summed E-state index contributed by atoms with van der Waals surface area (Å²) in [7, 11) is 1.52. The number of amides is 1. The van der Waals surface area contributed by atoms with Crippen molar-refractivity contribution in [1.29, 1.82) is 5.26 Å². The number of carbonyl (C=O) groups excluding carboxylic acids is 1. The van der Waals surface area contributed by atoms with Gasteiger partial charge in [-0.3, -0.25) is 4.79 Å². The molecule has 2 aromatic carbocycles. The van der Waals surface area contributed by atoms with E-state index in [1.165, 1.54) is 18.7 Å². The Balaban J connectivity index is 1.94. The number of hydrogen-bond acceptors (Lipinski definition) is 4. The number of hydrogen-bond donors (Lipinski definition) is 1. The second kappa shape index (κ2) is 9.14. The Bertz CT molecular complexity index is 790. The summed E-state index contributed by atoms with van der Waals surface area (Å²) in [6.45, 7) is 2.46. The van der Waals surface area contributed by atoms with Crippen molar-refractivity contribution in [2.75, 3.05) is 13.7 Å². The third-order valence-electron chi connectivity index (χ3n) is 3.49. The first-order chi connectivity index (χ1) is 12.1. The van der Waals surface area contributed by atoms with Gasteiger partial charge < -0.3 is 14.8 Å². The Morgan fingerprint density at radius 1 is 1.20 bits per heavy atom. The van der Waals surface area contributed by atoms with E-state index in [9.17, 15) is 4.79 Å². The van der Waals surface area contributed by atoms with Gasteiger partial charge in [0.15, 0.2) is 18.1 Å². The summed E-state index contributed by atoms with van der Waals surface area (Å²) < 4.78 is 10.5. The molecular weight excluding hydrogens is 316 g/mol. The van der Waals surface area contributed by atoms with Gasteiger partial charge in [0.1, 0.15) is 6.07 Å². The van der Waals surface area contributed by atoms with Crippen LogP contribution in [0.15, 0.2) is 48.5 Å². The summed E-state index contributed by atoms with van der Waals surface area (Å²) in [4.78, 5) is 11.9. The van der Waals surface area contributed by atoms with Gasteiger partial charge in [0, 0.05) is 12.6 Å². The number of carbonyl (C=O) groups is 1. The Hall–Kier alpha value is -3.26. The fraction of sp³-hybridized carbons (Fsp3) is 0.200. The van der Waals surface area contributed by atoms with E-state index in [-0.39, 0.29) is 12.5 Å². The van der Waals surface area contributed by atoms with Gasteiger partial charge in [-0.15, -0.1) is 0 Å². The molecule has 5 heteroatoms. The second-order valence-corrected chi connectivity index (χ2v) is 5.39. The number of rotatable bonds is 7. The van der Waals surface area contributed by atoms with E-state index in [2.05, 4.69) is 5.32 Å². The van der Waals surface area contributed by atoms with Crippen molar-refractivity contribution in [3.05, 3.63) is 65.2 Å². The molecule has 0 bridgehead atoms. The zero-order valence-electron chi connectivity index (χ0n) is 14.3. The van der Waals surface area contributed by atoms with Gasteiger partial charge in [0.05, 0.1) is 7.11 Å². The molecule has 0 fully saturated rings. The van der Waals surface area contributed by atoms with E-state index < -0.39 is 0 Å². The first kappa shape index (κ1) is 18.1. The van der Waals surface area contributed by atoms with Crippen molar-refractivity contribution in [3.8, 4) is 17.6 Å². The summed E-state index contributed by atoms with van der Waals surface area (Å²) in [5.41, 5.74) is 3.03. The maximum atomic E-state index is 11.9. The number of benzene rings is 2. The highest BCUT2D eigenvalue weighted by Crippen LogP contribution is 2.28. The molecule has 0 saturated carbocycles. The van der Waals surface area contributed by atoms with Crippen LogP contribution in [0, 0.1) is 18.3 Å². The van der Waals surface area contributed by atoms with Crippen LogP contribution in [0.3, 0.4) is 0 Å². The van der Waals surface area contributed by atoms with Gasteiger partial charge in [-0.25, -0.2) is 0 Å². The van der Waals surface area contributed by atoms with Crippen LogP contribution in [0.5, 0.6) is 11.5 Å². The number of ether oxygens (including phenoxy) is 2. The van der Waals surface area contributed by atoms with Gasteiger partial charge >= 0.3 is 0 Å². The maximum Gasteiger partial charge on any atom is 0.244 e. The monoisotopic (exact) mass is 336 g/mol. The molecular formula is C20H20N2O3. The Morgan fingerprint density at radius 3 is 2.64 bits per heavy atom. The van der Waals surface area contributed by atoms with Crippen molar-refractivity contribution in [2.24, 2.45) is 0 Å². The lowest BCUT2D eigenvalue weighted by atomic mass is 10.1. The van der Waals surface area contributed by atoms with Crippen LogP contribution in [0.1, 0.15) is 16.7 Å². The molecule has 0 atom stereocenters. The molecule has 1 N–H and O–H groups in total. The lowest BCUT2D eigenvalue weighted by Gasteiger charge is -2.08. The fourth-order valence-corrected chi connectivity index (χ4v) is 2.14. The summed E-state index contributed by atoms with van der Waals surface area (Å²) in [5, 5.41) is 11.4. The van der Waals surface area contributed by atoms with Crippen molar-refractivity contribution < 1.29 is 14.3 Å². The van der Waals surface area contributed by atoms with Crippen LogP contribution in [0.25, 0.3) is 6.08 Å². The molecule has 0 spiro atoms. The molecule has 0 radical (unpaired) electrons. The molecule has 128 valence electrons. The van der Waals surface area contributed by atoms with E-state index in [1.54, 1.807) is 24.3 Å². The normalized spacial score (nSPS) is 10.3. The average molecular weight is 336 g/mol. The van der Waals surface area contributed by atoms with Crippen LogP contribution < -0.4 is 14.8 Å². The lowest BCUT2D eigenvalue weighted by molar-refractivity contribution is -0.116. The quantitative estimate of drug-likeness (QED) is 0.788. The van der Waals surface area contributed by atoms with E-state index in [0.717, 1.165) is 11.1 Å². The van der Waals surface area contributed by atoms with Crippen LogP contribution in [0.2, 0.25) is 0 Å². The predicted octanol–water partition coefficient (Wildman–Crippen LogP) is 3.24. The van der Waals surface area contributed by atoms with Crippen LogP contribution in [-0.2, 0) is 11.3 Å². The SMILES string of the molecule is COc1cc(/C=C/C(=O)NCc2ccc(C)cc2)ccc1OCC#N. The Morgan fingerprint density at radius 2 is 1.96 bits per heavy atom. The van der Waals surface area contributed by atoms with Crippen LogP contribution >= 0.6 is 0 Å². The van der Waals surface area contributed by atoms with Crippen LogP contribution in [-0.4, -0.2) is 19.6 Å². The Labute approximate surface area is 147 Å². The van der Waals surface area contributed by atoms with E-state index in [0.29, 0.717) is 18.0 Å². The second-order valence-electron chi connectivity index (χ2n) is 5.39. The van der Waals surface area contributed by atoms with Gasteiger partial charge in [0.2, 0.25) is 5.91 Å². The zero-order valence-corrected chi connectivity index (χ0v) is 14.3. The minimum Gasteiger partial charge on any atom is -0.493 e. The number of methoxy groups -OCH3 is 1. The van der Waals surface area contributed by atoms with E-state index in [1.807, 2.05) is 37.3 Å². The molecule has 0 unspecified atom stereocenters. The summed E-state index contributed by atoms with van der Waals surface area (Å²) in [6, 6.07) is 15.2. The molecule has 2 aromatic rings. The van der Waals surface area contributed by atoms with E-state index in [4.69, 9.17) is 14.7 Å². The maximum absolute atomic E-state index is 11.9. The van der Waals surface area contributed by atoms with Gasteiger partial charge in [-0.1, -0.05) is 35.9 Å². The average Bonchev–Trinajstić information content (AvgIpc) is 2.64. The topological polar surface area (TPSA) is 71.3 Å². The first-order valence-electron chi connectivity index (χ1n) is 7.81. The standard InChI is InChI=1S/C20H20N2O3/c1-15-3-5-17(6-4-15)14-22-20(23)10-8-16-7-9-18(25-12-11-21)19(13-16)24-2/h3-10,13H,12,14H2,1-2H3,(H,22,23)/b10-8+. The third kappa shape index (κ3) is 5.70. The molecule has 2 rings (SSSR count). The van der Waals surface area contributed by atoms with Crippen LogP contribution in [0.4, 0.5) is 0 Å². The number of nitrogens with one attached hydrogen (secondary N) is 1. The molecule has 0 aliphatic rings. The summed E-state index contributed by atoms with van der Waals surface area (Å²) in [6.07, 6.45) is 3.17.